The minimum absolute atomic E-state index is 0.126. The van der Waals surface area contributed by atoms with Gasteiger partial charge in [0, 0.05) is 16.6 Å². The van der Waals surface area contributed by atoms with Crippen molar-refractivity contribution in [2.45, 2.75) is 46.1 Å². The van der Waals surface area contributed by atoms with Crippen LogP contribution in [-0.2, 0) is 9.53 Å². The molecule has 5 heteroatoms. The molecule has 3 aromatic rings. The molecular formula is C23H25NO4. The quantitative estimate of drug-likeness (QED) is 0.579. The number of hydrogen-bond donors (Lipinski definition) is 1. The molecule has 1 heterocycles. The Balaban J connectivity index is 1.72. The van der Waals surface area contributed by atoms with Gasteiger partial charge in [-0.2, -0.15) is 0 Å². The number of amides is 1. The van der Waals surface area contributed by atoms with Crippen LogP contribution < -0.4 is 5.32 Å². The molecule has 0 spiro atoms. The first-order chi connectivity index (χ1) is 13.4. The van der Waals surface area contributed by atoms with Gasteiger partial charge in [0.15, 0.2) is 6.10 Å². The van der Waals surface area contributed by atoms with Gasteiger partial charge in [-0.1, -0.05) is 50.2 Å². The number of furan rings is 1. The Bertz CT molecular complexity index is 1000. The maximum Gasteiger partial charge on any atom is 0.375 e. The Labute approximate surface area is 164 Å². The zero-order valence-electron chi connectivity index (χ0n) is 16.6. The van der Waals surface area contributed by atoms with Gasteiger partial charge in [-0.05, 0) is 43.9 Å². The van der Waals surface area contributed by atoms with E-state index in [9.17, 15) is 9.59 Å². The zero-order valence-corrected chi connectivity index (χ0v) is 16.6. The second kappa shape index (κ2) is 8.30. The van der Waals surface area contributed by atoms with Crippen molar-refractivity contribution in [3.8, 4) is 0 Å². The van der Waals surface area contributed by atoms with Gasteiger partial charge >= 0.3 is 5.97 Å². The minimum Gasteiger partial charge on any atom is -0.449 e. The van der Waals surface area contributed by atoms with Gasteiger partial charge in [-0.3, -0.25) is 4.79 Å². The van der Waals surface area contributed by atoms with Crippen molar-refractivity contribution in [1.29, 1.82) is 0 Å². The van der Waals surface area contributed by atoms with Gasteiger partial charge in [0.05, 0.1) is 0 Å². The molecular weight excluding hydrogens is 354 g/mol. The molecule has 0 aliphatic rings. The first-order valence-corrected chi connectivity index (χ1v) is 9.51. The molecule has 0 bridgehead atoms. The molecule has 0 fully saturated rings. The molecule has 1 amide bonds. The second-order valence-corrected chi connectivity index (χ2v) is 6.99. The number of anilines is 1. The molecule has 0 aliphatic carbocycles. The summed E-state index contributed by atoms with van der Waals surface area (Å²) in [4.78, 5) is 25.1. The van der Waals surface area contributed by atoms with E-state index in [-0.39, 0.29) is 11.7 Å². The number of hydrogen-bond acceptors (Lipinski definition) is 4. The molecule has 2 aromatic carbocycles. The number of esters is 1. The highest BCUT2D eigenvalue weighted by Crippen LogP contribution is 2.27. The predicted octanol–water partition coefficient (Wildman–Crippen LogP) is 5.44. The van der Waals surface area contributed by atoms with Gasteiger partial charge in [-0.15, -0.1) is 0 Å². The van der Waals surface area contributed by atoms with Crippen LogP contribution >= 0.6 is 0 Å². The number of ether oxygens (including phenoxy) is 1. The number of carbonyl (C=O) groups is 2. The normalized spacial score (nSPS) is 13.1. The van der Waals surface area contributed by atoms with Crippen molar-refractivity contribution < 1.29 is 18.7 Å². The summed E-state index contributed by atoms with van der Waals surface area (Å²) in [5, 5.41) is 3.73. The number of nitrogens with one attached hydrogen (secondary N) is 1. The van der Waals surface area contributed by atoms with Crippen LogP contribution in [0.4, 0.5) is 5.69 Å². The van der Waals surface area contributed by atoms with Crippen LogP contribution in [0.15, 0.2) is 52.9 Å². The summed E-state index contributed by atoms with van der Waals surface area (Å²) < 4.78 is 11.0. The SMILES string of the molecule is CC[C@H](C)c1ccccc1NC(=O)[C@H](C)OC(=O)c1oc2ccccc2c1C. The Hall–Kier alpha value is -3.08. The third kappa shape index (κ3) is 3.93. The Morgan fingerprint density at radius 3 is 2.46 bits per heavy atom. The molecule has 3 rings (SSSR count). The molecule has 0 unspecified atom stereocenters. The van der Waals surface area contributed by atoms with Crippen LogP contribution in [0, 0.1) is 6.92 Å². The number of fused-ring (bicyclic) bond motifs is 1. The minimum atomic E-state index is -0.954. The van der Waals surface area contributed by atoms with Crippen molar-refractivity contribution in [1.82, 2.24) is 0 Å². The van der Waals surface area contributed by atoms with Crippen molar-refractivity contribution in [2.75, 3.05) is 5.32 Å². The summed E-state index contributed by atoms with van der Waals surface area (Å²) in [6, 6.07) is 15.1. The number of aryl methyl sites for hydroxylation is 1. The van der Waals surface area contributed by atoms with Crippen LogP contribution in [0.25, 0.3) is 11.0 Å². The molecule has 5 nitrogen and oxygen atoms in total. The van der Waals surface area contributed by atoms with Crippen molar-refractivity contribution in [3.63, 3.8) is 0 Å². The Morgan fingerprint density at radius 2 is 1.75 bits per heavy atom. The standard InChI is InChI=1S/C23H25NO4/c1-5-14(2)17-10-6-8-12-19(17)24-22(25)16(4)27-23(26)21-15(3)18-11-7-9-13-20(18)28-21/h6-14,16H,5H2,1-4H3,(H,24,25)/t14-,16-/m0/s1. The van der Waals surface area contributed by atoms with Crippen LogP contribution in [0.1, 0.15) is 54.8 Å². The topological polar surface area (TPSA) is 68.5 Å². The third-order valence-electron chi connectivity index (χ3n) is 5.04. The first kappa shape index (κ1) is 19.7. The highest BCUT2D eigenvalue weighted by molar-refractivity contribution is 5.99. The third-order valence-corrected chi connectivity index (χ3v) is 5.04. The molecule has 146 valence electrons. The molecule has 1 N–H and O–H groups in total. The van der Waals surface area contributed by atoms with Gasteiger partial charge < -0.3 is 14.5 Å². The summed E-state index contributed by atoms with van der Waals surface area (Å²) in [6.45, 7) is 7.56. The average molecular weight is 379 g/mol. The lowest BCUT2D eigenvalue weighted by Crippen LogP contribution is -2.30. The van der Waals surface area contributed by atoms with E-state index in [2.05, 4.69) is 19.2 Å². The van der Waals surface area contributed by atoms with Crippen LogP contribution in [0.2, 0.25) is 0 Å². The number of para-hydroxylation sites is 2. The second-order valence-electron chi connectivity index (χ2n) is 6.99. The maximum atomic E-state index is 12.6. The lowest BCUT2D eigenvalue weighted by Gasteiger charge is -2.18. The maximum absolute atomic E-state index is 12.6. The molecule has 0 radical (unpaired) electrons. The monoisotopic (exact) mass is 379 g/mol. The molecule has 28 heavy (non-hydrogen) atoms. The smallest absolute Gasteiger partial charge is 0.375 e. The number of rotatable bonds is 6. The molecule has 2 atom stereocenters. The fourth-order valence-corrected chi connectivity index (χ4v) is 3.13. The summed E-state index contributed by atoms with van der Waals surface area (Å²) in [5.74, 6) is -0.585. The fourth-order valence-electron chi connectivity index (χ4n) is 3.13. The summed E-state index contributed by atoms with van der Waals surface area (Å²) in [5.41, 5.74) is 3.12. The van der Waals surface area contributed by atoms with Crippen LogP contribution in [0.3, 0.4) is 0 Å². The van der Waals surface area contributed by atoms with E-state index >= 15 is 0 Å². The Kier molecular flexibility index (Phi) is 5.83. The van der Waals surface area contributed by atoms with Crippen molar-refractivity contribution >= 4 is 28.5 Å². The van der Waals surface area contributed by atoms with E-state index in [0.717, 1.165) is 23.1 Å². The van der Waals surface area contributed by atoms with Gasteiger partial charge in [-0.25, -0.2) is 4.79 Å². The fraction of sp³-hybridized carbons (Fsp3) is 0.304. The van der Waals surface area contributed by atoms with E-state index < -0.39 is 12.1 Å². The van der Waals surface area contributed by atoms with Crippen molar-refractivity contribution in [3.05, 3.63) is 65.4 Å². The van der Waals surface area contributed by atoms with Gasteiger partial charge in [0.2, 0.25) is 5.76 Å². The van der Waals surface area contributed by atoms with Crippen molar-refractivity contribution in [2.24, 2.45) is 0 Å². The van der Waals surface area contributed by atoms with Crippen LogP contribution in [0.5, 0.6) is 0 Å². The first-order valence-electron chi connectivity index (χ1n) is 9.51. The largest absolute Gasteiger partial charge is 0.449 e. The summed E-state index contributed by atoms with van der Waals surface area (Å²) in [6.07, 6.45) is 0.00745. The number of carbonyl (C=O) groups excluding carboxylic acids is 2. The summed E-state index contributed by atoms with van der Waals surface area (Å²) >= 11 is 0. The van der Waals surface area contributed by atoms with E-state index in [4.69, 9.17) is 9.15 Å². The zero-order chi connectivity index (χ0) is 20.3. The molecule has 0 saturated carbocycles. The molecule has 0 saturated heterocycles. The highest BCUT2D eigenvalue weighted by atomic mass is 16.6. The molecule has 0 aliphatic heterocycles. The number of benzene rings is 2. The van der Waals surface area contributed by atoms with Crippen LogP contribution in [-0.4, -0.2) is 18.0 Å². The lowest BCUT2D eigenvalue weighted by atomic mass is 9.97. The van der Waals surface area contributed by atoms with E-state index in [1.165, 1.54) is 0 Å². The van der Waals surface area contributed by atoms with E-state index in [0.29, 0.717) is 17.1 Å². The highest BCUT2D eigenvalue weighted by Gasteiger charge is 2.24. The average Bonchev–Trinajstić information content (AvgIpc) is 3.04. The van der Waals surface area contributed by atoms with E-state index in [1.807, 2.05) is 42.5 Å². The predicted molar refractivity (Wildman–Crippen MR) is 110 cm³/mol. The van der Waals surface area contributed by atoms with Gasteiger partial charge in [0.25, 0.3) is 5.91 Å². The summed E-state index contributed by atoms with van der Waals surface area (Å²) in [7, 11) is 0. The lowest BCUT2D eigenvalue weighted by molar-refractivity contribution is -0.123. The van der Waals surface area contributed by atoms with E-state index in [1.54, 1.807) is 19.9 Å². The Morgan fingerprint density at radius 1 is 1.07 bits per heavy atom. The van der Waals surface area contributed by atoms with Gasteiger partial charge in [0.1, 0.15) is 5.58 Å². The molecule has 1 aromatic heterocycles.